The molecule has 0 aromatic heterocycles. The van der Waals surface area contributed by atoms with Crippen LogP contribution in [0, 0.1) is 0 Å². The summed E-state index contributed by atoms with van der Waals surface area (Å²) in [6, 6.07) is 0. The van der Waals surface area contributed by atoms with Crippen molar-refractivity contribution in [3.63, 3.8) is 0 Å². The number of ether oxygens (including phenoxy) is 2. The summed E-state index contributed by atoms with van der Waals surface area (Å²) in [5, 5.41) is 0. The Bertz CT molecular complexity index is 384. The Hall–Kier alpha value is -0.120. The molecule has 0 spiro atoms. The Morgan fingerprint density at radius 2 is 1.96 bits per heavy atom. The third kappa shape index (κ3) is 6.03. The van der Waals surface area contributed by atoms with Gasteiger partial charge in [-0.2, -0.15) is 0 Å². The van der Waals surface area contributed by atoms with Gasteiger partial charge < -0.3 is 20.1 Å². The van der Waals surface area contributed by atoms with Gasteiger partial charge in [0, 0.05) is 38.8 Å². The largest absolute Gasteiger partial charge is 0.381 e. The highest BCUT2D eigenvalue weighted by molar-refractivity contribution is 14.0. The van der Waals surface area contributed by atoms with Crippen molar-refractivity contribution in [1.29, 1.82) is 0 Å². The molecule has 2 rings (SSSR count). The highest BCUT2D eigenvalue weighted by Crippen LogP contribution is 2.22. The molecule has 0 aromatic carbocycles. The molecule has 7 heteroatoms. The van der Waals surface area contributed by atoms with Gasteiger partial charge in [-0.1, -0.05) is 0 Å². The van der Waals surface area contributed by atoms with Crippen LogP contribution < -0.4 is 5.73 Å². The number of likely N-dealkylation sites (tertiary alicyclic amines) is 1. The second-order valence-electron chi connectivity index (χ2n) is 7.04. The van der Waals surface area contributed by atoms with Gasteiger partial charge in [0.2, 0.25) is 0 Å². The van der Waals surface area contributed by atoms with E-state index >= 15 is 0 Å². The molecule has 2 fully saturated rings. The first-order valence-corrected chi connectivity index (χ1v) is 8.36. The number of halogens is 1. The molecule has 2 heterocycles. The summed E-state index contributed by atoms with van der Waals surface area (Å²) in [6.45, 7) is 11.8. The second-order valence-corrected chi connectivity index (χ2v) is 7.04. The number of aliphatic imine (C=N–C) groups is 1. The van der Waals surface area contributed by atoms with Crippen molar-refractivity contribution in [2.75, 3.05) is 46.4 Å². The van der Waals surface area contributed by atoms with Gasteiger partial charge >= 0.3 is 0 Å². The lowest BCUT2D eigenvalue weighted by molar-refractivity contribution is 0.00413. The van der Waals surface area contributed by atoms with Gasteiger partial charge in [-0.25, -0.2) is 0 Å². The number of hydrogen-bond donors (Lipinski definition) is 1. The Kier molecular flexibility index (Phi) is 8.54. The molecule has 2 aliphatic rings. The van der Waals surface area contributed by atoms with Crippen LogP contribution in [-0.2, 0) is 9.47 Å². The van der Waals surface area contributed by atoms with E-state index in [1.165, 1.54) is 0 Å². The Morgan fingerprint density at radius 1 is 1.30 bits per heavy atom. The predicted octanol–water partition coefficient (Wildman–Crippen LogP) is 1.53. The molecule has 0 radical (unpaired) electrons. The van der Waals surface area contributed by atoms with Crippen molar-refractivity contribution < 1.29 is 9.47 Å². The van der Waals surface area contributed by atoms with Crippen LogP contribution in [-0.4, -0.2) is 79.9 Å². The Balaban J connectivity index is 0.00000264. The number of morpholine rings is 1. The lowest BCUT2D eigenvalue weighted by Crippen LogP contribution is -2.52. The number of rotatable bonds is 4. The first kappa shape index (κ1) is 20.9. The quantitative estimate of drug-likeness (QED) is 0.408. The number of nitrogens with zero attached hydrogens (tertiary/aromatic N) is 3. The standard InChI is InChI=1S/C16H32N4O2.HI/c1-13-11-19(9-10-22-13)15(17)18-12-16(2,3)20-7-5-14(21-4)6-8-20;/h13-14H,5-12H2,1-4H3,(H2,17,18);1H. The predicted molar refractivity (Wildman–Crippen MR) is 105 cm³/mol. The van der Waals surface area contributed by atoms with E-state index in [0.717, 1.165) is 52.2 Å². The van der Waals surface area contributed by atoms with Gasteiger partial charge in [0.1, 0.15) is 0 Å². The van der Waals surface area contributed by atoms with Crippen LogP contribution in [0.25, 0.3) is 0 Å². The van der Waals surface area contributed by atoms with E-state index in [-0.39, 0.29) is 35.6 Å². The van der Waals surface area contributed by atoms with E-state index in [2.05, 4.69) is 35.6 Å². The third-order valence-electron chi connectivity index (χ3n) is 4.82. The zero-order valence-electron chi connectivity index (χ0n) is 15.0. The minimum atomic E-state index is 0. The summed E-state index contributed by atoms with van der Waals surface area (Å²) in [6.07, 6.45) is 2.83. The summed E-state index contributed by atoms with van der Waals surface area (Å²) in [5.41, 5.74) is 6.20. The fourth-order valence-corrected chi connectivity index (χ4v) is 3.20. The monoisotopic (exact) mass is 440 g/mol. The van der Waals surface area contributed by atoms with Crippen molar-refractivity contribution in [3.05, 3.63) is 0 Å². The summed E-state index contributed by atoms with van der Waals surface area (Å²) in [7, 11) is 1.81. The molecule has 2 aliphatic heterocycles. The average molecular weight is 440 g/mol. The van der Waals surface area contributed by atoms with E-state index in [4.69, 9.17) is 15.2 Å². The second kappa shape index (κ2) is 9.39. The van der Waals surface area contributed by atoms with E-state index < -0.39 is 0 Å². The summed E-state index contributed by atoms with van der Waals surface area (Å²) in [4.78, 5) is 9.29. The van der Waals surface area contributed by atoms with Gasteiger partial charge in [-0.15, -0.1) is 24.0 Å². The number of methoxy groups -OCH3 is 1. The first-order chi connectivity index (χ1) is 10.4. The van der Waals surface area contributed by atoms with E-state index in [0.29, 0.717) is 12.1 Å². The highest BCUT2D eigenvalue weighted by atomic mass is 127. The summed E-state index contributed by atoms with van der Waals surface area (Å²) < 4.78 is 11.0. The zero-order valence-corrected chi connectivity index (χ0v) is 17.3. The molecule has 0 bridgehead atoms. The molecular formula is C16H33IN4O2. The molecule has 1 unspecified atom stereocenters. The van der Waals surface area contributed by atoms with Crippen LogP contribution in [0.5, 0.6) is 0 Å². The van der Waals surface area contributed by atoms with Gasteiger partial charge in [0.25, 0.3) is 0 Å². The molecule has 0 amide bonds. The molecule has 0 aliphatic carbocycles. The van der Waals surface area contributed by atoms with Crippen LogP contribution >= 0.6 is 24.0 Å². The van der Waals surface area contributed by atoms with Gasteiger partial charge in [0.05, 0.1) is 25.4 Å². The summed E-state index contributed by atoms with van der Waals surface area (Å²) in [5.74, 6) is 0.648. The number of piperidine rings is 1. The minimum Gasteiger partial charge on any atom is -0.381 e. The number of guanidine groups is 1. The van der Waals surface area contributed by atoms with Crippen molar-refractivity contribution in [2.45, 2.75) is 51.4 Å². The van der Waals surface area contributed by atoms with Crippen LogP contribution in [0.2, 0.25) is 0 Å². The van der Waals surface area contributed by atoms with Crippen molar-refractivity contribution >= 4 is 29.9 Å². The fraction of sp³-hybridized carbons (Fsp3) is 0.938. The Labute approximate surface area is 157 Å². The smallest absolute Gasteiger partial charge is 0.191 e. The van der Waals surface area contributed by atoms with E-state index in [9.17, 15) is 0 Å². The molecule has 2 saturated heterocycles. The molecule has 6 nitrogen and oxygen atoms in total. The fourth-order valence-electron chi connectivity index (χ4n) is 3.20. The molecule has 2 N–H and O–H groups in total. The average Bonchev–Trinajstić information content (AvgIpc) is 2.52. The maximum absolute atomic E-state index is 6.17. The topological polar surface area (TPSA) is 63.3 Å². The lowest BCUT2D eigenvalue weighted by Gasteiger charge is -2.42. The Morgan fingerprint density at radius 3 is 2.52 bits per heavy atom. The third-order valence-corrected chi connectivity index (χ3v) is 4.82. The maximum atomic E-state index is 6.17. The van der Waals surface area contributed by atoms with E-state index in [1.54, 1.807) is 7.11 Å². The van der Waals surface area contributed by atoms with Gasteiger partial charge in [-0.05, 0) is 33.6 Å². The van der Waals surface area contributed by atoms with Crippen molar-refractivity contribution in [2.24, 2.45) is 10.7 Å². The van der Waals surface area contributed by atoms with Crippen LogP contribution in [0.3, 0.4) is 0 Å². The van der Waals surface area contributed by atoms with E-state index in [1.807, 2.05) is 0 Å². The molecule has 1 atom stereocenters. The van der Waals surface area contributed by atoms with Crippen molar-refractivity contribution in [3.8, 4) is 0 Å². The maximum Gasteiger partial charge on any atom is 0.191 e. The summed E-state index contributed by atoms with van der Waals surface area (Å²) >= 11 is 0. The molecular weight excluding hydrogens is 407 g/mol. The first-order valence-electron chi connectivity index (χ1n) is 8.36. The lowest BCUT2D eigenvalue weighted by atomic mass is 9.97. The molecule has 0 aromatic rings. The number of hydrogen-bond acceptors (Lipinski definition) is 4. The molecule has 23 heavy (non-hydrogen) atoms. The van der Waals surface area contributed by atoms with Crippen LogP contribution in [0.15, 0.2) is 4.99 Å². The number of nitrogens with two attached hydrogens (primary N) is 1. The highest BCUT2D eigenvalue weighted by Gasteiger charge is 2.30. The van der Waals surface area contributed by atoms with Crippen LogP contribution in [0.1, 0.15) is 33.6 Å². The SMILES string of the molecule is COC1CCN(C(C)(C)CN=C(N)N2CCOC(C)C2)CC1.I. The molecule has 0 saturated carbocycles. The van der Waals surface area contributed by atoms with Crippen LogP contribution in [0.4, 0.5) is 0 Å². The zero-order chi connectivity index (χ0) is 16.2. The normalized spacial score (nSPS) is 25.3. The van der Waals surface area contributed by atoms with Crippen molar-refractivity contribution in [1.82, 2.24) is 9.80 Å². The molecule has 136 valence electrons. The minimum absolute atomic E-state index is 0. The van der Waals surface area contributed by atoms with Gasteiger partial charge in [-0.3, -0.25) is 9.89 Å². The van der Waals surface area contributed by atoms with Gasteiger partial charge in [0.15, 0.2) is 5.96 Å².